The smallest absolute Gasteiger partial charge is 0.211 e. The van der Waals surface area contributed by atoms with Crippen LogP contribution in [0.3, 0.4) is 0 Å². The average Bonchev–Trinajstić information content (AvgIpc) is 2.63. The van der Waals surface area contributed by atoms with Gasteiger partial charge in [-0.25, -0.2) is 0 Å². The zero-order valence-electron chi connectivity index (χ0n) is 15.5. The van der Waals surface area contributed by atoms with Gasteiger partial charge in [-0.3, -0.25) is 4.79 Å². The molecule has 2 rings (SSSR count). The number of hydrogen-bond acceptors (Lipinski definition) is 5. The van der Waals surface area contributed by atoms with Crippen LogP contribution >= 0.6 is 0 Å². The van der Waals surface area contributed by atoms with Gasteiger partial charge in [-0.05, 0) is 61.2 Å². The minimum atomic E-state index is -0.692. The van der Waals surface area contributed by atoms with Gasteiger partial charge in [-0.2, -0.15) is 0 Å². The van der Waals surface area contributed by atoms with Crippen molar-refractivity contribution in [2.75, 3.05) is 24.7 Å². The van der Waals surface area contributed by atoms with Crippen molar-refractivity contribution in [1.29, 1.82) is 0 Å². The second-order valence-electron chi connectivity index (χ2n) is 6.43. The Bertz CT molecular complexity index is 749. The van der Waals surface area contributed by atoms with Crippen molar-refractivity contribution in [2.45, 2.75) is 32.4 Å². The Kier molecular flexibility index (Phi) is 7.00. The lowest BCUT2D eigenvalue weighted by Gasteiger charge is -2.19. The maximum absolute atomic E-state index is 10.6. The summed E-state index contributed by atoms with van der Waals surface area (Å²) in [6, 6.07) is 11.4. The first-order valence-electron chi connectivity index (χ1n) is 8.59. The first-order valence-corrected chi connectivity index (χ1v) is 8.59. The molecule has 0 fully saturated rings. The van der Waals surface area contributed by atoms with Crippen molar-refractivity contribution in [3.05, 3.63) is 53.1 Å². The summed E-state index contributed by atoms with van der Waals surface area (Å²) in [5, 5.41) is 16.3. The van der Waals surface area contributed by atoms with Crippen LogP contribution < -0.4 is 21.1 Å². The van der Waals surface area contributed by atoms with Crippen molar-refractivity contribution in [1.82, 2.24) is 5.32 Å². The molecule has 0 spiro atoms. The number of hydrogen-bond donors (Lipinski definition) is 4. The Balaban J connectivity index is 1.93. The van der Waals surface area contributed by atoms with E-state index in [1.54, 1.807) is 25.3 Å². The van der Waals surface area contributed by atoms with E-state index in [4.69, 9.17) is 10.5 Å². The summed E-state index contributed by atoms with van der Waals surface area (Å²) in [6.45, 7) is 4.55. The standard InChI is InChI=1S/C20H27N3O3/c1-13-8-17(26-3)6-4-15(13)9-14(2)22-11-20(25)16-5-7-18(21)19(10-16)23-12-24/h4-8,10,12,14,20,22,25H,9,11,21H2,1-3H3,(H,23,24). The van der Waals surface area contributed by atoms with Gasteiger partial charge in [0.25, 0.3) is 0 Å². The second kappa shape index (κ2) is 9.22. The molecule has 0 bridgehead atoms. The van der Waals surface area contributed by atoms with Crippen LogP contribution in [0, 0.1) is 6.92 Å². The van der Waals surface area contributed by atoms with Crippen LogP contribution in [0.25, 0.3) is 0 Å². The maximum atomic E-state index is 10.6. The van der Waals surface area contributed by atoms with Gasteiger partial charge in [0.15, 0.2) is 0 Å². The summed E-state index contributed by atoms with van der Waals surface area (Å²) >= 11 is 0. The lowest BCUT2D eigenvalue weighted by atomic mass is 10.0. The number of rotatable bonds is 9. The molecular weight excluding hydrogens is 330 g/mol. The number of carbonyl (C=O) groups excluding carboxylic acids is 1. The normalized spacial score (nSPS) is 13.1. The molecule has 0 heterocycles. The third-order valence-electron chi connectivity index (χ3n) is 4.41. The summed E-state index contributed by atoms with van der Waals surface area (Å²) in [4.78, 5) is 10.6. The van der Waals surface area contributed by atoms with Crippen molar-refractivity contribution in [3.63, 3.8) is 0 Å². The van der Waals surface area contributed by atoms with Gasteiger partial charge in [0, 0.05) is 12.6 Å². The first-order chi connectivity index (χ1) is 12.4. The molecule has 2 unspecified atom stereocenters. The van der Waals surface area contributed by atoms with Gasteiger partial charge in [0.1, 0.15) is 5.75 Å². The number of nitrogen functional groups attached to an aromatic ring is 1. The summed E-state index contributed by atoms with van der Waals surface area (Å²) in [6.07, 6.45) is 0.726. The molecular formula is C20H27N3O3. The van der Waals surface area contributed by atoms with E-state index in [9.17, 15) is 9.90 Å². The third-order valence-corrected chi connectivity index (χ3v) is 4.41. The SMILES string of the molecule is COc1ccc(CC(C)NCC(O)c2ccc(N)c(NC=O)c2)c(C)c1. The van der Waals surface area contributed by atoms with Crippen molar-refractivity contribution in [2.24, 2.45) is 0 Å². The number of aryl methyl sites for hydroxylation is 1. The quantitative estimate of drug-likeness (QED) is 0.408. The Morgan fingerprint density at radius 2 is 2.04 bits per heavy atom. The number of benzene rings is 2. The highest BCUT2D eigenvalue weighted by Crippen LogP contribution is 2.23. The number of nitrogens with two attached hydrogens (primary N) is 1. The van der Waals surface area contributed by atoms with E-state index in [1.807, 2.05) is 12.1 Å². The topological polar surface area (TPSA) is 96.6 Å². The van der Waals surface area contributed by atoms with Crippen LogP contribution in [-0.2, 0) is 11.2 Å². The monoisotopic (exact) mass is 357 g/mol. The predicted molar refractivity (Wildman–Crippen MR) is 104 cm³/mol. The van der Waals surface area contributed by atoms with Crippen LogP contribution in [-0.4, -0.2) is 31.2 Å². The summed E-state index contributed by atoms with van der Waals surface area (Å²) < 4.78 is 5.23. The molecule has 26 heavy (non-hydrogen) atoms. The molecule has 2 aromatic carbocycles. The van der Waals surface area contributed by atoms with Crippen LogP contribution in [0.15, 0.2) is 36.4 Å². The number of carbonyl (C=O) groups is 1. The van der Waals surface area contributed by atoms with Gasteiger partial charge in [-0.1, -0.05) is 12.1 Å². The molecule has 0 saturated heterocycles. The van der Waals surface area contributed by atoms with Gasteiger partial charge in [0.2, 0.25) is 6.41 Å². The number of aliphatic hydroxyl groups is 1. The van der Waals surface area contributed by atoms with E-state index in [1.165, 1.54) is 11.1 Å². The van der Waals surface area contributed by atoms with Crippen LogP contribution in [0.2, 0.25) is 0 Å². The Morgan fingerprint density at radius 1 is 1.27 bits per heavy atom. The van der Waals surface area contributed by atoms with Crippen LogP contribution in [0.1, 0.15) is 29.7 Å². The predicted octanol–water partition coefficient (Wildman–Crippen LogP) is 2.41. The fraction of sp³-hybridized carbons (Fsp3) is 0.350. The molecule has 0 aliphatic carbocycles. The van der Waals surface area contributed by atoms with Crippen molar-refractivity contribution in [3.8, 4) is 5.75 Å². The van der Waals surface area contributed by atoms with Crippen LogP contribution in [0.4, 0.5) is 11.4 Å². The van der Waals surface area contributed by atoms with E-state index >= 15 is 0 Å². The highest BCUT2D eigenvalue weighted by atomic mass is 16.5. The summed E-state index contributed by atoms with van der Waals surface area (Å²) in [7, 11) is 1.66. The van der Waals surface area contributed by atoms with Gasteiger partial charge in [0.05, 0.1) is 24.6 Å². The maximum Gasteiger partial charge on any atom is 0.211 e. The van der Waals surface area contributed by atoms with E-state index in [0.717, 1.165) is 12.2 Å². The van der Waals surface area contributed by atoms with E-state index in [0.29, 0.717) is 29.9 Å². The first kappa shape index (κ1) is 19.8. The minimum absolute atomic E-state index is 0.193. The number of ether oxygens (including phenoxy) is 1. The molecule has 0 aliphatic heterocycles. The lowest BCUT2D eigenvalue weighted by molar-refractivity contribution is -0.105. The molecule has 5 N–H and O–H groups in total. The highest BCUT2D eigenvalue weighted by molar-refractivity contribution is 5.80. The molecule has 2 aromatic rings. The number of nitrogens with one attached hydrogen (secondary N) is 2. The highest BCUT2D eigenvalue weighted by Gasteiger charge is 2.12. The fourth-order valence-electron chi connectivity index (χ4n) is 2.83. The van der Waals surface area contributed by atoms with Crippen molar-refractivity contribution < 1.29 is 14.6 Å². The molecule has 0 aliphatic rings. The largest absolute Gasteiger partial charge is 0.497 e. The van der Waals surface area contributed by atoms with E-state index in [-0.39, 0.29) is 6.04 Å². The number of methoxy groups -OCH3 is 1. The second-order valence-corrected chi connectivity index (χ2v) is 6.43. The molecule has 140 valence electrons. The Morgan fingerprint density at radius 3 is 2.69 bits per heavy atom. The number of aliphatic hydroxyl groups excluding tert-OH is 1. The number of amides is 1. The van der Waals surface area contributed by atoms with Crippen LogP contribution in [0.5, 0.6) is 5.75 Å². The zero-order chi connectivity index (χ0) is 19.1. The fourth-order valence-corrected chi connectivity index (χ4v) is 2.83. The lowest BCUT2D eigenvalue weighted by Crippen LogP contribution is -2.32. The van der Waals surface area contributed by atoms with Gasteiger partial charge in [-0.15, -0.1) is 0 Å². The molecule has 6 nitrogen and oxygen atoms in total. The molecule has 6 heteroatoms. The van der Waals surface area contributed by atoms with Gasteiger partial charge >= 0.3 is 0 Å². The van der Waals surface area contributed by atoms with Crippen molar-refractivity contribution >= 4 is 17.8 Å². The Labute approximate surface area is 154 Å². The molecule has 0 saturated carbocycles. The summed E-state index contributed by atoms with van der Waals surface area (Å²) in [5.41, 5.74) is 9.87. The third kappa shape index (κ3) is 5.21. The molecule has 0 radical (unpaired) electrons. The Hall–Kier alpha value is -2.57. The van der Waals surface area contributed by atoms with E-state index < -0.39 is 6.10 Å². The van der Waals surface area contributed by atoms with Gasteiger partial charge < -0.3 is 26.2 Å². The molecule has 2 atom stereocenters. The molecule has 0 aromatic heterocycles. The molecule has 1 amide bonds. The zero-order valence-corrected chi connectivity index (χ0v) is 15.5. The van der Waals surface area contributed by atoms with E-state index in [2.05, 4.69) is 30.5 Å². The summed E-state index contributed by atoms with van der Waals surface area (Å²) in [5.74, 6) is 0.852. The number of anilines is 2. The average molecular weight is 357 g/mol. The minimum Gasteiger partial charge on any atom is -0.497 e.